The summed E-state index contributed by atoms with van der Waals surface area (Å²) < 4.78 is 14.6. The molecule has 1 unspecified atom stereocenters. The van der Waals surface area contributed by atoms with E-state index in [2.05, 4.69) is 20.0 Å². The molecule has 0 aliphatic rings. The molecule has 0 aliphatic heterocycles. The number of rotatable bonds is 10. The van der Waals surface area contributed by atoms with E-state index in [1.807, 2.05) is 0 Å². The fraction of sp³-hybridized carbons (Fsp3) is 0.800. The van der Waals surface area contributed by atoms with E-state index in [0.717, 1.165) is 0 Å². The van der Waals surface area contributed by atoms with Crippen LogP contribution >= 0.6 is 0 Å². The number of nitrogens with one attached hydrogen (secondary N) is 1. The van der Waals surface area contributed by atoms with Crippen LogP contribution in [0.3, 0.4) is 0 Å². The smallest absolute Gasteiger partial charge is 0.213 e. The molecule has 1 rings (SSSR count). The third-order valence-corrected chi connectivity index (χ3v) is 2.05. The van der Waals surface area contributed by atoms with Gasteiger partial charge in [-0.1, -0.05) is 5.16 Å². The van der Waals surface area contributed by atoms with E-state index < -0.39 is 6.10 Å². The number of hydrogen-bond donors (Lipinski definition) is 2. The highest BCUT2D eigenvalue weighted by atomic mass is 16.5. The molecule has 0 aliphatic carbocycles. The van der Waals surface area contributed by atoms with Crippen molar-refractivity contribution in [3.05, 3.63) is 12.2 Å². The van der Waals surface area contributed by atoms with Gasteiger partial charge >= 0.3 is 0 Å². The van der Waals surface area contributed by atoms with Crippen LogP contribution in [-0.4, -0.2) is 61.4 Å². The summed E-state index contributed by atoms with van der Waals surface area (Å²) in [7, 11) is 1.61. The van der Waals surface area contributed by atoms with E-state index in [1.165, 1.54) is 6.39 Å². The Morgan fingerprint density at radius 3 is 3.12 bits per heavy atom. The zero-order valence-electron chi connectivity index (χ0n) is 9.96. The predicted octanol–water partition coefficient (Wildman–Crippen LogP) is -0.774. The summed E-state index contributed by atoms with van der Waals surface area (Å²) in [6.45, 7) is 2.51. The molecule has 0 fully saturated rings. The van der Waals surface area contributed by atoms with E-state index in [0.29, 0.717) is 45.2 Å². The van der Waals surface area contributed by atoms with Crippen molar-refractivity contribution in [1.82, 2.24) is 15.5 Å². The molecule has 0 saturated heterocycles. The highest BCUT2D eigenvalue weighted by molar-refractivity contribution is 4.78. The van der Waals surface area contributed by atoms with Crippen LogP contribution in [0.15, 0.2) is 10.9 Å². The molecule has 7 nitrogen and oxygen atoms in total. The zero-order chi connectivity index (χ0) is 12.3. The Kier molecular flexibility index (Phi) is 7.48. The quantitative estimate of drug-likeness (QED) is 0.523. The van der Waals surface area contributed by atoms with E-state index in [1.54, 1.807) is 7.11 Å². The SMILES string of the molecule is COCCOCC(O)CNCCc1ncon1. The van der Waals surface area contributed by atoms with Crippen LogP contribution in [0, 0.1) is 0 Å². The number of methoxy groups -OCH3 is 1. The molecule has 17 heavy (non-hydrogen) atoms. The van der Waals surface area contributed by atoms with Gasteiger partial charge in [0.25, 0.3) is 0 Å². The maximum Gasteiger partial charge on any atom is 0.213 e. The topological polar surface area (TPSA) is 89.6 Å². The zero-order valence-corrected chi connectivity index (χ0v) is 9.96. The normalized spacial score (nSPS) is 12.8. The first-order chi connectivity index (χ1) is 8.33. The number of aromatic nitrogens is 2. The maximum atomic E-state index is 9.53. The van der Waals surface area contributed by atoms with Gasteiger partial charge in [0.15, 0.2) is 5.82 Å². The first-order valence-corrected chi connectivity index (χ1v) is 5.53. The average Bonchev–Trinajstić information content (AvgIpc) is 2.83. The van der Waals surface area contributed by atoms with Crippen molar-refractivity contribution in [3.63, 3.8) is 0 Å². The largest absolute Gasteiger partial charge is 0.389 e. The van der Waals surface area contributed by atoms with Gasteiger partial charge in [-0.2, -0.15) is 4.98 Å². The molecule has 98 valence electrons. The summed E-state index contributed by atoms with van der Waals surface area (Å²) in [5.74, 6) is 0.656. The third-order valence-electron chi connectivity index (χ3n) is 2.05. The van der Waals surface area contributed by atoms with Crippen LogP contribution in [0.4, 0.5) is 0 Å². The van der Waals surface area contributed by atoms with Crippen molar-refractivity contribution >= 4 is 0 Å². The van der Waals surface area contributed by atoms with Crippen molar-refractivity contribution in [2.24, 2.45) is 0 Å². The summed E-state index contributed by atoms with van der Waals surface area (Å²) in [4.78, 5) is 3.88. The van der Waals surface area contributed by atoms with E-state index in [4.69, 9.17) is 9.47 Å². The van der Waals surface area contributed by atoms with Crippen LogP contribution in [0.5, 0.6) is 0 Å². The van der Waals surface area contributed by atoms with Crippen LogP contribution in [0.1, 0.15) is 5.82 Å². The van der Waals surface area contributed by atoms with Gasteiger partial charge in [-0.25, -0.2) is 0 Å². The fourth-order valence-electron chi connectivity index (χ4n) is 1.19. The molecule has 1 heterocycles. The number of hydrogen-bond acceptors (Lipinski definition) is 7. The van der Waals surface area contributed by atoms with Crippen LogP contribution in [-0.2, 0) is 15.9 Å². The van der Waals surface area contributed by atoms with Crippen molar-refractivity contribution in [3.8, 4) is 0 Å². The van der Waals surface area contributed by atoms with E-state index in [-0.39, 0.29) is 0 Å². The molecular weight excluding hydrogens is 226 g/mol. The summed E-state index contributed by atoms with van der Waals surface area (Å²) >= 11 is 0. The summed E-state index contributed by atoms with van der Waals surface area (Å²) in [5.41, 5.74) is 0. The molecule has 1 atom stereocenters. The van der Waals surface area contributed by atoms with Gasteiger partial charge in [0.1, 0.15) is 0 Å². The first kappa shape index (κ1) is 14.0. The van der Waals surface area contributed by atoms with Gasteiger partial charge < -0.3 is 24.4 Å². The standard InChI is InChI=1S/C10H19N3O4/c1-15-4-5-16-7-9(14)6-11-3-2-10-12-8-17-13-10/h8-9,11,14H,2-7H2,1H3. The first-order valence-electron chi connectivity index (χ1n) is 5.53. The maximum absolute atomic E-state index is 9.53. The van der Waals surface area contributed by atoms with Crippen molar-refractivity contribution < 1.29 is 19.1 Å². The lowest BCUT2D eigenvalue weighted by atomic mass is 10.3. The minimum Gasteiger partial charge on any atom is -0.389 e. The van der Waals surface area contributed by atoms with Crippen molar-refractivity contribution in [2.45, 2.75) is 12.5 Å². The number of ether oxygens (including phenoxy) is 2. The van der Waals surface area contributed by atoms with Gasteiger partial charge in [0.2, 0.25) is 6.39 Å². The molecule has 0 spiro atoms. The second-order valence-corrected chi connectivity index (χ2v) is 3.52. The van der Waals surface area contributed by atoms with Gasteiger partial charge in [0, 0.05) is 26.6 Å². The number of nitrogens with zero attached hydrogens (tertiary/aromatic N) is 2. The van der Waals surface area contributed by atoms with Crippen LogP contribution in [0.2, 0.25) is 0 Å². The second kappa shape index (κ2) is 9.06. The van der Waals surface area contributed by atoms with Gasteiger partial charge in [-0.05, 0) is 0 Å². The molecule has 0 aromatic carbocycles. The van der Waals surface area contributed by atoms with Crippen LogP contribution in [0.25, 0.3) is 0 Å². The molecular formula is C10H19N3O4. The lowest BCUT2D eigenvalue weighted by Gasteiger charge is -2.11. The molecule has 2 N–H and O–H groups in total. The lowest BCUT2D eigenvalue weighted by Crippen LogP contribution is -2.32. The van der Waals surface area contributed by atoms with Crippen molar-refractivity contribution in [2.75, 3.05) is 40.0 Å². The van der Waals surface area contributed by atoms with E-state index >= 15 is 0 Å². The third kappa shape index (κ3) is 7.01. The highest BCUT2D eigenvalue weighted by Crippen LogP contribution is 1.89. The molecule has 7 heteroatoms. The van der Waals surface area contributed by atoms with Gasteiger partial charge in [-0.15, -0.1) is 0 Å². The predicted molar refractivity (Wildman–Crippen MR) is 59.6 cm³/mol. The Bertz CT molecular complexity index is 269. The monoisotopic (exact) mass is 245 g/mol. The molecule has 0 bridgehead atoms. The minimum absolute atomic E-state index is 0.304. The number of aliphatic hydroxyl groups is 1. The molecule has 0 radical (unpaired) electrons. The Morgan fingerprint density at radius 1 is 1.53 bits per heavy atom. The Labute approximate surface area is 100 Å². The van der Waals surface area contributed by atoms with Crippen molar-refractivity contribution in [1.29, 1.82) is 0 Å². The van der Waals surface area contributed by atoms with Crippen LogP contribution < -0.4 is 5.32 Å². The lowest BCUT2D eigenvalue weighted by molar-refractivity contribution is 0.0139. The molecule has 0 amide bonds. The molecule has 0 saturated carbocycles. The summed E-state index contributed by atoms with van der Waals surface area (Å²) in [6, 6.07) is 0. The molecule has 1 aromatic rings. The van der Waals surface area contributed by atoms with Gasteiger partial charge in [-0.3, -0.25) is 0 Å². The van der Waals surface area contributed by atoms with E-state index in [9.17, 15) is 5.11 Å². The minimum atomic E-state index is -0.517. The Morgan fingerprint density at radius 2 is 2.41 bits per heavy atom. The Hall–Kier alpha value is -1.02. The fourth-order valence-corrected chi connectivity index (χ4v) is 1.19. The average molecular weight is 245 g/mol. The molecule has 1 aromatic heterocycles. The highest BCUT2D eigenvalue weighted by Gasteiger charge is 2.04. The summed E-state index contributed by atoms with van der Waals surface area (Å²) in [5, 5.41) is 16.3. The number of aliphatic hydroxyl groups excluding tert-OH is 1. The Balaban J connectivity index is 1.91. The second-order valence-electron chi connectivity index (χ2n) is 3.52. The summed E-state index contributed by atoms with van der Waals surface area (Å²) in [6.07, 6.45) is 1.46. The van der Waals surface area contributed by atoms with Gasteiger partial charge in [0.05, 0.1) is 25.9 Å².